The third-order valence-electron chi connectivity index (χ3n) is 1.75. The van der Waals surface area contributed by atoms with Crippen molar-refractivity contribution >= 4 is 11.6 Å². The van der Waals surface area contributed by atoms with Crippen LogP contribution in [0.1, 0.15) is 20.3 Å². The summed E-state index contributed by atoms with van der Waals surface area (Å²) in [7, 11) is 0. The number of alkyl halides is 1. The van der Waals surface area contributed by atoms with Gasteiger partial charge in [-0.2, -0.15) is 0 Å². The first-order valence-electron chi connectivity index (χ1n) is 4.12. The molecule has 11 heavy (non-hydrogen) atoms. The van der Waals surface area contributed by atoms with Gasteiger partial charge in [0.05, 0.1) is 0 Å². The highest BCUT2D eigenvalue weighted by molar-refractivity contribution is 6.17. The Bertz CT molecular complexity index is 102. The van der Waals surface area contributed by atoms with Crippen molar-refractivity contribution < 1.29 is 0 Å². The SMILES string of the molecule is C=CCNC(CCCl)C(C)C. The average Bonchev–Trinajstić information content (AvgIpc) is 1.97. The number of nitrogens with one attached hydrogen (secondary N) is 1. The Balaban J connectivity index is 3.59. The lowest BCUT2D eigenvalue weighted by molar-refractivity contribution is 0.405. The average molecular weight is 176 g/mol. The molecule has 0 radical (unpaired) electrons. The molecule has 1 atom stereocenters. The Labute approximate surface area is 74.8 Å². The molecule has 0 aliphatic rings. The maximum atomic E-state index is 5.65. The van der Waals surface area contributed by atoms with E-state index in [1.807, 2.05) is 6.08 Å². The largest absolute Gasteiger partial charge is 0.310 e. The fraction of sp³-hybridized carbons (Fsp3) is 0.778. The summed E-state index contributed by atoms with van der Waals surface area (Å²) in [5, 5.41) is 3.37. The summed E-state index contributed by atoms with van der Waals surface area (Å²) in [6, 6.07) is 0.533. The van der Waals surface area contributed by atoms with Gasteiger partial charge in [-0.3, -0.25) is 0 Å². The van der Waals surface area contributed by atoms with Crippen molar-refractivity contribution in [3.8, 4) is 0 Å². The highest BCUT2D eigenvalue weighted by Gasteiger charge is 2.09. The minimum absolute atomic E-state index is 0.533. The zero-order chi connectivity index (χ0) is 8.69. The number of hydrogen-bond donors (Lipinski definition) is 1. The maximum Gasteiger partial charge on any atom is 0.0238 e. The fourth-order valence-corrected chi connectivity index (χ4v) is 1.26. The molecule has 0 heterocycles. The van der Waals surface area contributed by atoms with Crippen molar-refractivity contribution in [3.63, 3.8) is 0 Å². The Kier molecular flexibility index (Phi) is 6.68. The lowest BCUT2D eigenvalue weighted by Gasteiger charge is -2.20. The monoisotopic (exact) mass is 175 g/mol. The van der Waals surface area contributed by atoms with Gasteiger partial charge in [-0.25, -0.2) is 0 Å². The molecule has 0 amide bonds. The molecule has 0 fully saturated rings. The molecule has 0 aliphatic carbocycles. The molecule has 66 valence electrons. The smallest absolute Gasteiger partial charge is 0.0238 e. The first kappa shape index (κ1) is 11.0. The van der Waals surface area contributed by atoms with Crippen molar-refractivity contribution in [1.29, 1.82) is 0 Å². The van der Waals surface area contributed by atoms with E-state index >= 15 is 0 Å². The van der Waals surface area contributed by atoms with E-state index in [2.05, 4.69) is 25.7 Å². The Morgan fingerprint density at radius 3 is 2.55 bits per heavy atom. The summed E-state index contributed by atoms with van der Waals surface area (Å²) < 4.78 is 0. The molecule has 1 unspecified atom stereocenters. The van der Waals surface area contributed by atoms with Crippen LogP contribution in [0, 0.1) is 5.92 Å². The number of halogens is 1. The standard InChI is InChI=1S/C9H18ClN/c1-4-7-11-9(5-6-10)8(2)3/h4,8-9,11H,1,5-7H2,2-3H3. The van der Waals surface area contributed by atoms with Crippen LogP contribution in [0.4, 0.5) is 0 Å². The normalized spacial score (nSPS) is 13.5. The molecule has 0 saturated carbocycles. The van der Waals surface area contributed by atoms with Crippen molar-refractivity contribution in [2.75, 3.05) is 12.4 Å². The van der Waals surface area contributed by atoms with E-state index in [9.17, 15) is 0 Å². The summed E-state index contributed by atoms with van der Waals surface area (Å²) >= 11 is 5.65. The van der Waals surface area contributed by atoms with E-state index in [0.717, 1.165) is 18.8 Å². The van der Waals surface area contributed by atoms with Gasteiger partial charge >= 0.3 is 0 Å². The minimum atomic E-state index is 0.533. The molecule has 0 rings (SSSR count). The zero-order valence-corrected chi connectivity index (χ0v) is 8.19. The third kappa shape index (κ3) is 5.28. The van der Waals surface area contributed by atoms with Crippen LogP contribution in [0.15, 0.2) is 12.7 Å². The van der Waals surface area contributed by atoms with Crippen LogP contribution in [0.3, 0.4) is 0 Å². The van der Waals surface area contributed by atoms with Gasteiger partial charge < -0.3 is 5.32 Å². The van der Waals surface area contributed by atoms with Crippen LogP contribution in [0.25, 0.3) is 0 Å². The van der Waals surface area contributed by atoms with Crippen molar-refractivity contribution in [2.45, 2.75) is 26.3 Å². The van der Waals surface area contributed by atoms with Crippen LogP contribution in [-0.4, -0.2) is 18.5 Å². The van der Waals surface area contributed by atoms with Crippen LogP contribution >= 0.6 is 11.6 Å². The van der Waals surface area contributed by atoms with E-state index in [1.54, 1.807) is 0 Å². The van der Waals surface area contributed by atoms with Gasteiger partial charge in [0.15, 0.2) is 0 Å². The van der Waals surface area contributed by atoms with Gasteiger partial charge in [-0.15, -0.1) is 18.2 Å². The van der Waals surface area contributed by atoms with E-state index in [0.29, 0.717) is 12.0 Å². The molecule has 0 bridgehead atoms. The lowest BCUT2D eigenvalue weighted by atomic mass is 10.0. The first-order valence-corrected chi connectivity index (χ1v) is 4.66. The Morgan fingerprint density at radius 2 is 2.18 bits per heavy atom. The van der Waals surface area contributed by atoms with Crippen molar-refractivity contribution in [2.24, 2.45) is 5.92 Å². The molecule has 1 N–H and O–H groups in total. The van der Waals surface area contributed by atoms with Crippen LogP contribution in [0.2, 0.25) is 0 Å². The van der Waals surface area contributed by atoms with Crippen LogP contribution < -0.4 is 5.32 Å². The summed E-state index contributed by atoms with van der Waals surface area (Å²) in [5.41, 5.74) is 0. The van der Waals surface area contributed by atoms with Crippen molar-refractivity contribution in [1.82, 2.24) is 5.32 Å². The van der Waals surface area contributed by atoms with Crippen LogP contribution in [-0.2, 0) is 0 Å². The quantitative estimate of drug-likeness (QED) is 0.483. The topological polar surface area (TPSA) is 12.0 Å². The molecular weight excluding hydrogens is 158 g/mol. The highest BCUT2D eigenvalue weighted by atomic mass is 35.5. The summed E-state index contributed by atoms with van der Waals surface area (Å²) in [6.07, 6.45) is 2.91. The lowest BCUT2D eigenvalue weighted by Crippen LogP contribution is -2.34. The minimum Gasteiger partial charge on any atom is -0.310 e. The Morgan fingerprint density at radius 1 is 1.55 bits per heavy atom. The molecule has 0 saturated heterocycles. The summed E-state index contributed by atoms with van der Waals surface area (Å²) in [6.45, 7) is 8.93. The second kappa shape index (κ2) is 6.68. The second-order valence-electron chi connectivity index (χ2n) is 3.03. The number of rotatable bonds is 6. The van der Waals surface area contributed by atoms with Gasteiger partial charge in [0.2, 0.25) is 0 Å². The summed E-state index contributed by atoms with van der Waals surface area (Å²) in [4.78, 5) is 0. The first-order chi connectivity index (χ1) is 5.22. The van der Waals surface area contributed by atoms with E-state index in [4.69, 9.17) is 11.6 Å². The Hall–Kier alpha value is -0.0100. The van der Waals surface area contributed by atoms with Gasteiger partial charge in [-0.05, 0) is 12.3 Å². The summed E-state index contributed by atoms with van der Waals surface area (Å²) in [5.74, 6) is 1.38. The molecular formula is C9H18ClN. The van der Waals surface area contributed by atoms with Gasteiger partial charge in [0.1, 0.15) is 0 Å². The van der Waals surface area contributed by atoms with Gasteiger partial charge in [-0.1, -0.05) is 19.9 Å². The van der Waals surface area contributed by atoms with Crippen LogP contribution in [0.5, 0.6) is 0 Å². The molecule has 0 aromatic rings. The fourth-order valence-electron chi connectivity index (χ4n) is 1.02. The molecule has 0 aromatic carbocycles. The third-order valence-corrected chi connectivity index (χ3v) is 1.97. The van der Waals surface area contributed by atoms with Gasteiger partial charge in [0.25, 0.3) is 0 Å². The van der Waals surface area contributed by atoms with E-state index < -0.39 is 0 Å². The molecule has 0 aliphatic heterocycles. The maximum absolute atomic E-state index is 5.65. The van der Waals surface area contributed by atoms with Crippen molar-refractivity contribution in [3.05, 3.63) is 12.7 Å². The number of hydrogen-bond acceptors (Lipinski definition) is 1. The molecule has 0 aromatic heterocycles. The zero-order valence-electron chi connectivity index (χ0n) is 7.44. The van der Waals surface area contributed by atoms with E-state index in [1.165, 1.54) is 0 Å². The molecule has 1 nitrogen and oxygen atoms in total. The highest BCUT2D eigenvalue weighted by Crippen LogP contribution is 2.06. The second-order valence-corrected chi connectivity index (χ2v) is 3.40. The molecule has 2 heteroatoms. The van der Waals surface area contributed by atoms with Gasteiger partial charge in [0, 0.05) is 18.5 Å². The predicted molar refractivity (Wildman–Crippen MR) is 52.2 cm³/mol. The molecule has 0 spiro atoms. The van der Waals surface area contributed by atoms with E-state index in [-0.39, 0.29) is 0 Å². The predicted octanol–water partition coefficient (Wildman–Crippen LogP) is 2.42.